The van der Waals surface area contributed by atoms with E-state index in [1.165, 1.54) is 28.4 Å². The first-order valence-corrected chi connectivity index (χ1v) is 8.76. The van der Waals surface area contributed by atoms with E-state index in [1.54, 1.807) is 18.3 Å². The van der Waals surface area contributed by atoms with Crippen LogP contribution in [0, 0.1) is 11.7 Å². The van der Waals surface area contributed by atoms with E-state index in [1.807, 2.05) is 13.8 Å². The van der Waals surface area contributed by atoms with E-state index in [4.69, 9.17) is 0 Å². The predicted molar refractivity (Wildman–Crippen MR) is 91.0 cm³/mol. The molecule has 0 saturated carbocycles. The van der Waals surface area contributed by atoms with Crippen LogP contribution >= 0.6 is 11.3 Å². The van der Waals surface area contributed by atoms with Gasteiger partial charge in [-0.15, -0.1) is 11.3 Å². The van der Waals surface area contributed by atoms with Crippen LogP contribution in [0.3, 0.4) is 0 Å². The predicted octanol–water partition coefficient (Wildman–Crippen LogP) is 2.49. The number of thiazole rings is 1. The largest absolute Gasteiger partial charge is 0.332 e. The number of hydrogen-bond acceptors (Lipinski definition) is 5. The summed E-state index contributed by atoms with van der Waals surface area (Å²) in [6.45, 7) is 3.73. The molecule has 0 N–H and O–H groups in total. The van der Waals surface area contributed by atoms with Crippen molar-refractivity contribution in [2.45, 2.75) is 26.3 Å². The van der Waals surface area contributed by atoms with Crippen LogP contribution < -0.4 is 0 Å². The van der Waals surface area contributed by atoms with Crippen molar-refractivity contribution in [3.05, 3.63) is 51.7 Å². The molecule has 1 aromatic heterocycles. The van der Waals surface area contributed by atoms with Crippen LogP contribution in [0.2, 0.25) is 0 Å². The van der Waals surface area contributed by atoms with Crippen LogP contribution in [0.1, 0.15) is 34.1 Å². The van der Waals surface area contributed by atoms with Gasteiger partial charge >= 0.3 is 0 Å². The second-order valence-corrected chi connectivity index (χ2v) is 7.38. The normalized spacial score (nSPS) is 17.6. The third-order valence-electron chi connectivity index (χ3n) is 4.16. The molecule has 1 aromatic carbocycles. The number of benzene rings is 1. The molecule has 5 nitrogen and oxygen atoms in total. The fourth-order valence-corrected chi connectivity index (χ4v) is 3.70. The first kappa shape index (κ1) is 17.4. The first-order valence-electron chi connectivity index (χ1n) is 7.95. The lowest BCUT2D eigenvalue weighted by Crippen LogP contribution is -2.33. The topological polar surface area (TPSA) is 67.3 Å². The Labute approximate surface area is 148 Å². The van der Waals surface area contributed by atoms with Crippen molar-refractivity contribution in [1.82, 2.24) is 9.88 Å². The van der Waals surface area contributed by atoms with E-state index in [0.717, 1.165) is 10.4 Å². The summed E-state index contributed by atoms with van der Waals surface area (Å²) in [6.07, 6.45) is 2.11. The number of rotatable bonds is 5. The molecular weight excluding hydrogens is 343 g/mol. The molecule has 1 saturated heterocycles. The maximum Gasteiger partial charge on any atom is 0.291 e. The van der Waals surface area contributed by atoms with Crippen molar-refractivity contribution in [2.75, 3.05) is 6.54 Å². The summed E-state index contributed by atoms with van der Waals surface area (Å²) >= 11 is 1.20. The quantitative estimate of drug-likeness (QED) is 0.467. The molecule has 0 bridgehead atoms. The number of nitrogens with zero attached hydrogens (tertiary/aromatic N) is 2. The van der Waals surface area contributed by atoms with Crippen LogP contribution in [-0.4, -0.2) is 39.9 Å². The van der Waals surface area contributed by atoms with E-state index in [-0.39, 0.29) is 23.4 Å². The van der Waals surface area contributed by atoms with Crippen molar-refractivity contribution in [2.24, 2.45) is 5.92 Å². The summed E-state index contributed by atoms with van der Waals surface area (Å²) in [5.74, 6) is -2.94. The van der Waals surface area contributed by atoms with Gasteiger partial charge in [0.25, 0.3) is 5.91 Å². The maximum absolute atomic E-state index is 12.9. The van der Waals surface area contributed by atoms with Gasteiger partial charge in [0.15, 0.2) is 5.01 Å². The molecule has 1 aliphatic rings. The average molecular weight is 360 g/mol. The van der Waals surface area contributed by atoms with Crippen LogP contribution in [0.15, 0.2) is 30.5 Å². The van der Waals surface area contributed by atoms with E-state index in [2.05, 4.69) is 4.98 Å². The van der Waals surface area contributed by atoms with Crippen LogP contribution in [0.4, 0.5) is 4.39 Å². The molecule has 1 aliphatic heterocycles. The summed E-state index contributed by atoms with van der Waals surface area (Å²) < 4.78 is 12.9. The zero-order chi connectivity index (χ0) is 18.1. The third kappa shape index (κ3) is 3.51. The Morgan fingerprint density at radius 1 is 1.32 bits per heavy atom. The average Bonchev–Trinajstić information content (AvgIpc) is 3.15. The SMILES string of the molecule is CC(C)N1CC(C(=O)c2ncc(Cc3ccc(F)cc3)s2)C(=O)C1=O. The Kier molecular flexibility index (Phi) is 4.76. The van der Waals surface area contributed by atoms with Gasteiger partial charge in [0.1, 0.15) is 11.7 Å². The van der Waals surface area contributed by atoms with E-state index in [9.17, 15) is 18.8 Å². The summed E-state index contributed by atoms with van der Waals surface area (Å²) in [5.41, 5.74) is 0.905. The van der Waals surface area contributed by atoms with Crippen molar-refractivity contribution in [3.63, 3.8) is 0 Å². The molecule has 0 spiro atoms. The number of ketones is 2. The van der Waals surface area contributed by atoms with Gasteiger partial charge in [-0.05, 0) is 31.5 Å². The summed E-state index contributed by atoms with van der Waals surface area (Å²) in [7, 11) is 0. The second kappa shape index (κ2) is 6.84. The van der Waals surface area contributed by atoms with Crippen molar-refractivity contribution in [1.29, 1.82) is 0 Å². The highest BCUT2D eigenvalue weighted by atomic mass is 32.1. The Morgan fingerprint density at radius 2 is 2.00 bits per heavy atom. The van der Waals surface area contributed by atoms with Gasteiger partial charge in [-0.25, -0.2) is 9.37 Å². The van der Waals surface area contributed by atoms with Gasteiger partial charge in [-0.1, -0.05) is 12.1 Å². The van der Waals surface area contributed by atoms with Gasteiger partial charge in [0.2, 0.25) is 11.6 Å². The Hall–Kier alpha value is -2.41. The number of aromatic nitrogens is 1. The maximum atomic E-state index is 12.9. The molecule has 130 valence electrons. The standard InChI is InChI=1S/C18H17FN2O3S/c1-10(2)21-9-14(16(23)18(21)24)15(22)17-20-8-13(25-17)7-11-3-5-12(19)6-4-11/h3-6,8,10,14H,7,9H2,1-2H3. The molecule has 25 heavy (non-hydrogen) atoms. The number of hydrogen-bond donors (Lipinski definition) is 0. The summed E-state index contributed by atoms with van der Waals surface area (Å²) in [6, 6.07) is 5.99. The van der Waals surface area contributed by atoms with E-state index < -0.39 is 23.4 Å². The minimum atomic E-state index is -0.972. The smallest absolute Gasteiger partial charge is 0.291 e. The minimum Gasteiger partial charge on any atom is -0.332 e. The first-order chi connectivity index (χ1) is 11.9. The van der Waals surface area contributed by atoms with Gasteiger partial charge in [0.05, 0.1) is 0 Å². The zero-order valence-corrected chi connectivity index (χ0v) is 14.7. The molecule has 1 atom stereocenters. The van der Waals surface area contributed by atoms with Crippen molar-refractivity contribution in [3.8, 4) is 0 Å². The van der Waals surface area contributed by atoms with Gasteiger partial charge in [0, 0.05) is 30.1 Å². The Bertz CT molecular complexity index is 829. The second-order valence-electron chi connectivity index (χ2n) is 6.27. The van der Waals surface area contributed by atoms with Crippen molar-refractivity contribution < 1.29 is 18.8 Å². The third-order valence-corrected chi connectivity index (χ3v) is 5.18. The highest BCUT2D eigenvalue weighted by molar-refractivity contribution is 7.13. The number of likely N-dealkylation sites (tertiary alicyclic amines) is 1. The number of carbonyl (C=O) groups excluding carboxylic acids is 3. The number of amides is 1. The molecule has 0 aliphatic carbocycles. The number of carbonyl (C=O) groups is 3. The number of Topliss-reactive ketones (excluding diaryl/α,β-unsaturated/α-hetero) is 2. The Balaban J connectivity index is 1.73. The summed E-state index contributed by atoms with van der Waals surface area (Å²) in [4.78, 5) is 43.0. The minimum absolute atomic E-state index is 0.112. The van der Waals surface area contributed by atoms with Crippen LogP contribution in [-0.2, 0) is 16.0 Å². The fourth-order valence-electron chi connectivity index (χ4n) is 2.76. The molecule has 1 fully saturated rings. The zero-order valence-electron chi connectivity index (χ0n) is 13.9. The molecule has 1 unspecified atom stereocenters. The molecular formula is C18H17FN2O3S. The molecule has 1 amide bonds. The highest BCUT2D eigenvalue weighted by Gasteiger charge is 2.44. The lowest BCUT2D eigenvalue weighted by molar-refractivity contribution is -0.141. The van der Waals surface area contributed by atoms with Crippen LogP contribution in [0.5, 0.6) is 0 Å². The van der Waals surface area contributed by atoms with Gasteiger partial charge in [-0.3, -0.25) is 14.4 Å². The van der Waals surface area contributed by atoms with Crippen molar-refractivity contribution >= 4 is 28.8 Å². The summed E-state index contributed by atoms with van der Waals surface area (Å²) in [5, 5.41) is 0.230. The molecule has 2 heterocycles. The lowest BCUT2D eigenvalue weighted by Gasteiger charge is -2.19. The molecule has 7 heteroatoms. The van der Waals surface area contributed by atoms with Crippen LogP contribution in [0.25, 0.3) is 0 Å². The fraction of sp³-hybridized carbons (Fsp3) is 0.333. The van der Waals surface area contributed by atoms with E-state index >= 15 is 0 Å². The molecule has 2 aromatic rings. The monoisotopic (exact) mass is 360 g/mol. The Morgan fingerprint density at radius 3 is 2.60 bits per heavy atom. The molecule has 3 rings (SSSR count). The lowest BCUT2D eigenvalue weighted by atomic mass is 10.0. The van der Waals surface area contributed by atoms with E-state index in [0.29, 0.717) is 6.42 Å². The van der Waals surface area contributed by atoms with Gasteiger partial charge in [-0.2, -0.15) is 0 Å². The highest BCUT2D eigenvalue weighted by Crippen LogP contribution is 2.25. The van der Waals surface area contributed by atoms with Gasteiger partial charge < -0.3 is 4.90 Å². The number of halogens is 1. The molecule has 0 radical (unpaired) electrons.